The molecule has 2 unspecified atom stereocenters. The Morgan fingerprint density at radius 1 is 1.41 bits per heavy atom. The highest BCUT2D eigenvalue weighted by Crippen LogP contribution is 2.30. The summed E-state index contributed by atoms with van der Waals surface area (Å²) >= 11 is 0. The molecule has 1 aromatic carbocycles. The van der Waals surface area contributed by atoms with Crippen LogP contribution in [0.15, 0.2) is 24.3 Å². The summed E-state index contributed by atoms with van der Waals surface area (Å²) in [6, 6.07) is 8.42. The van der Waals surface area contributed by atoms with E-state index >= 15 is 0 Å². The molecule has 1 fully saturated rings. The Bertz CT molecular complexity index is 378. The van der Waals surface area contributed by atoms with Gasteiger partial charge in [-0.05, 0) is 26.3 Å². The molecule has 3 nitrogen and oxygen atoms in total. The van der Waals surface area contributed by atoms with Gasteiger partial charge in [-0.15, -0.1) is 0 Å². The van der Waals surface area contributed by atoms with Crippen LogP contribution in [0.5, 0.6) is 0 Å². The Morgan fingerprint density at radius 3 is 2.71 bits per heavy atom. The minimum atomic E-state index is -0.439. The molecule has 1 aromatic rings. The fourth-order valence-corrected chi connectivity index (χ4v) is 2.57. The first-order valence-electron chi connectivity index (χ1n) is 6.22. The summed E-state index contributed by atoms with van der Waals surface area (Å²) in [5.74, 6) is 0. The van der Waals surface area contributed by atoms with E-state index in [1.165, 1.54) is 0 Å². The minimum Gasteiger partial charge on any atom is -0.389 e. The standard InChI is InChI=1S/C14H21NO2/c1-10(16)12-6-4-5-7-14(12)15(3)13-8-9-17-11(13)2/h4-7,10-11,13,16H,8-9H2,1-3H3/t10-,11?,13?/m1/s1. The van der Waals surface area contributed by atoms with Crippen LogP contribution in [0.2, 0.25) is 0 Å². The summed E-state index contributed by atoms with van der Waals surface area (Å²) < 4.78 is 5.60. The molecule has 2 rings (SSSR count). The van der Waals surface area contributed by atoms with Crippen LogP contribution in [0.25, 0.3) is 0 Å². The zero-order chi connectivity index (χ0) is 12.4. The third-order valence-electron chi connectivity index (χ3n) is 3.60. The van der Waals surface area contributed by atoms with Crippen LogP contribution < -0.4 is 4.90 Å². The lowest BCUT2D eigenvalue weighted by Crippen LogP contribution is -2.37. The molecular formula is C14H21NO2. The molecule has 1 saturated heterocycles. The van der Waals surface area contributed by atoms with Crippen LogP contribution in [0.3, 0.4) is 0 Å². The molecule has 0 spiro atoms. The van der Waals surface area contributed by atoms with Gasteiger partial charge in [-0.3, -0.25) is 0 Å². The van der Waals surface area contributed by atoms with Crippen molar-refractivity contribution in [3.05, 3.63) is 29.8 Å². The third-order valence-corrected chi connectivity index (χ3v) is 3.60. The average molecular weight is 235 g/mol. The topological polar surface area (TPSA) is 32.7 Å². The molecule has 1 aliphatic heterocycles. The number of likely N-dealkylation sites (N-methyl/N-ethyl adjacent to an activating group) is 1. The van der Waals surface area contributed by atoms with Crippen molar-refractivity contribution in [2.24, 2.45) is 0 Å². The molecule has 0 aromatic heterocycles. The number of anilines is 1. The van der Waals surface area contributed by atoms with Crippen molar-refractivity contribution in [2.75, 3.05) is 18.6 Å². The lowest BCUT2D eigenvalue weighted by molar-refractivity contribution is 0.118. The van der Waals surface area contributed by atoms with Crippen molar-refractivity contribution in [2.45, 2.75) is 38.5 Å². The van der Waals surface area contributed by atoms with Crippen molar-refractivity contribution >= 4 is 5.69 Å². The summed E-state index contributed by atoms with van der Waals surface area (Å²) in [5.41, 5.74) is 2.08. The van der Waals surface area contributed by atoms with Crippen LogP contribution in [0, 0.1) is 0 Å². The Kier molecular flexibility index (Phi) is 3.69. The molecule has 94 valence electrons. The van der Waals surface area contributed by atoms with E-state index in [0.717, 1.165) is 24.3 Å². The number of hydrogen-bond acceptors (Lipinski definition) is 3. The van der Waals surface area contributed by atoms with Crippen molar-refractivity contribution < 1.29 is 9.84 Å². The second kappa shape index (κ2) is 5.07. The molecule has 0 saturated carbocycles. The van der Waals surface area contributed by atoms with Gasteiger partial charge in [0.05, 0.1) is 18.2 Å². The highest BCUT2D eigenvalue weighted by molar-refractivity contribution is 5.55. The van der Waals surface area contributed by atoms with Gasteiger partial charge in [0.2, 0.25) is 0 Å². The Hall–Kier alpha value is -1.06. The number of para-hydroxylation sites is 1. The molecule has 1 N–H and O–H groups in total. The average Bonchev–Trinajstić information content (AvgIpc) is 2.74. The lowest BCUT2D eigenvalue weighted by atomic mass is 10.0. The summed E-state index contributed by atoms with van der Waals surface area (Å²) in [4.78, 5) is 2.24. The molecular weight excluding hydrogens is 214 g/mol. The first kappa shape index (κ1) is 12.4. The van der Waals surface area contributed by atoms with E-state index in [0.29, 0.717) is 6.04 Å². The minimum absolute atomic E-state index is 0.252. The molecule has 3 atom stereocenters. The normalized spacial score (nSPS) is 25.9. The maximum Gasteiger partial charge on any atom is 0.0781 e. The maximum absolute atomic E-state index is 9.80. The predicted octanol–water partition coefficient (Wildman–Crippen LogP) is 2.35. The largest absolute Gasteiger partial charge is 0.389 e. The van der Waals surface area contributed by atoms with E-state index in [4.69, 9.17) is 4.74 Å². The molecule has 0 amide bonds. The fraction of sp³-hybridized carbons (Fsp3) is 0.571. The molecule has 1 heterocycles. The SMILES string of the molecule is CC1OCCC1N(C)c1ccccc1[C@@H](C)O. The smallest absolute Gasteiger partial charge is 0.0781 e. The van der Waals surface area contributed by atoms with E-state index < -0.39 is 6.10 Å². The molecule has 0 radical (unpaired) electrons. The van der Waals surface area contributed by atoms with Gasteiger partial charge in [0.25, 0.3) is 0 Å². The molecule has 17 heavy (non-hydrogen) atoms. The van der Waals surface area contributed by atoms with Crippen LogP contribution in [-0.2, 0) is 4.74 Å². The first-order chi connectivity index (χ1) is 8.11. The van der Waals surface area contributed by atoms with Crippen molar-refractivity contribution in [1.29, 1.82) is 0 Å². The van der Waals surface area contributed by atoms with Gasteiger partial charge in [0, 0.05) is 24.9 Å². The summed E-state index contributed by atoms with van der Waals surface area (Å²) in [6.45, 7) is 4.74. The van der Waals surface area contributed by atoms with Crippen LogP contribution in [0.1, 0.15) is 31.9 Å². The molecule has 3 heteroatoms. The Morgan fingerprint density at radius 2 is 2.12 bits per heavy atom. The second-order valence-electron chi connectivity index (χ2n) is 4.78. The van der Waals surface area contributed by atoms with E-state index in [2.05, 4.69) is 24.9 Å². The highest BCUT2D eigenvalue weighted by atomic mass is 16.5. The zero-order valence-electron chi connectivity index (χ0n) is 10.8. The van der Waals surface area contributed by atoms with Crippen LogP contribution in [-0.4, -0.2) is 30.9 Å². The van der Waals surface area contributed by atoms with E-state index in [1.807, 2.05) is 18.2 Å². The highest BCUT2D eigenvalue weighted by Gasteiger charge is 2.29. The number of aliphatic hydroxyl groups excluding tert-OH is 1. The van der Waals surface area contributed by atoms with Gasteiger partial charge >= 0.3 is 0 Å². The number of aliphatic hydroxyl groups is 1. The predicted molar refractivity (Wildman–Crippen MR) is 69.3 cm³/mol. The fourth-order valence-electron chi connectivity index (χ4n) is 2.57. The van der Waals surface area contributed by atoms with Gasteiger partial charge in [-0.1, -0.05) is 18.2 Å². The molecule has 0 bridgehead atoms. The number of benzene rings is 1. The monoisotopic (exact) mass is 235 g/mol. The molecule has 0 aliphatic carbocycles. The Balaban J connectivity index is 2.27. The zero-order valence-corrected chi connectivity index (χ0v) is 10.8. The first-order valence-corrected chi connectivity index (χ1v) is 6.22. The summed E-state index contributed by atoms with van der Waals surface area (Å²) in [6.07, 6.45) is 0.861. The quantitative estimate of drug-likeness (QED) is 0.873. The van der Waals surface area contributed by atoms with Gasteiger partial charge in [0.1, 0.15) is 0 Å². The van der Waals surface area contributed by atoms with Crippen molar-refractivity contribution in [1.82, 2.24) is 0 Å². The van der Waals surface area contributed by atoms with Crippen LogP contribution in [0.4, 0.5) is 5.69 Å². The summed E-state index contributed by atoms with van der Waals surface area (Å²) in [5, 5.41) is 9.80. The molecule has 1 aliphatic rings. The maximum atomic E-state index is 9.80. The van der Waals surface area contributed by atoms with Gasteiger partial charge < -0.3 is 14.7 Å². The van der Waals surface area contributed by atoms with Gasteiger partial charge in [-0.25, -0.2) is 0 Å². The summed E-state index contributed by atoms with van der Waals surface area (Å²) in [7, 11) is 2.08. The van der Waals surface area contributed by atoms with E-state index in [1.54, 1.807) is 6.92 Å². The second-order valence-corrected chi connectivity index (χ2v) is 4.78. The van der Waals surface area contributed by atoms with E-state index in [9.17, 15) is 5.11 Å². The third kappa shape index (κ3) is 2.45. The van der Waals surface area contributed by atoms with Gasteiger partial charge in [-0.2, -0.15) is 0 Å². The Labute approximate surface area is 103 Å². The van der Waals surface area contributed by atoms with Crippen LogP contribution >= 0.6 is 0 Å². The van der Waals surface area contributed by atoms with Crippen molar-refractivity contribution in [3.63, 3.8) is 0 Å². The number of nitrogens with zero attached hydrogens (tertiary/aromatic N) is 1. The lowest BCUT2D eigenvalue weighted by Gasteiger charge is -2.31. The number of rotatable bonds is 3. The number of hydrogen-bond donors (Lipinski definition) is 1. The van der Waals surface area contributed by atoms with E-state index in [-0.39, 0.29) is 6.10 Å². The number of ether oxygens (including phenoxy) is 1. The van der Waals surface area contributed by atoms with Crippen molar-refractivity contribution in [3.8, 4) is 0 Å². The van der Waals surface area contributed by atoms with Gasteiger partial charge in [0.15, 0.2) is 0 Å².